The van der Waals surface area contributed by atoms with E-state index in [2.05, 4.69) is 27.0 Å². The highest BCUT2D eigenvalue weighted by molar-refractivity contribution is 7.10. The van der Waals surface area contributed by atoms with Crippen LogP contribution in [0.1, 0.15) is 28.3 Å². The lowest BCUT2D eigenvalue weighted by Gasteiger charge is -2.27. The Hall–Kier alpha value is -3.00. The van der Waals surface area contributed by atoms with Crippen LogP contribution in [0.25, 0.3) is 11.5 Å². The van der Waals surface area contributed by atoms with Gasteiger partial charge in [0.05, 0.1) is 6.54 Å². The standard InChI is InChI=1S/C21H22N4O3S/c1-14-2-4-15(5-3-14)21-24-23-19(28-21)7-6-18(26)22-12-20(27)25-10-8-17-16(13-25)9-11-29-17/h2-5,9,11H,6-8,10,12-13H2,1H3,(H,22,26). The number of carbonyl (C=O) groups excluding carboxylic acids is 2. The third-order valence-corrected chi connectivity index (χ3v) is 5.95. The number of carbonyl (C=O) groups is 2. The van der Waals surface area contributed by atoms with Gasteiger partial charge in [0, 0.05) is 36.4 Å². The maximum absolute atomic E-state index is 12.4. The number of hydrogen-bond acceptors (Lipinski definition) is 6. The average Bonchev–Trinajstić information content (AvgIpc) is 3.40. The summed E-state index contributed by atoms with van der Waals surface area (Å²) < 4.78 is 5.63. The summed E-state index contributed by atoms with van der Waals surface area (Å²) in [6, 6.07) is 9.86. The van der Waals surface area contributed by atoms with Crippen molar-refractivity contribution in [2.24, 2.45) is 0 Å². The molecule has 4 rings (SSSR count). The molecule has 0 bridgehead atoms. The van der Waals surface area contributed by atoms with Crippen LogP contribution < -0.4 is 5.32 Å². The monoisotopic (exact) mass is 410 g/mol. The summed E-state index contributed by atoms with van der Waals surface area (Å²) in [5.74, 6) is 0.577. The molecule has 0 aliphatic carbocycles. The Morgan fingerprint density at radius 2 is 2.03 bits per heavy atom. The Balaban J connectivity index is 1.22. The number of amides is 2. The van der Waals surface area contributed by atoms with Gasteiger partial charge in [-0.25, -0.2) is 0 Å². The van der Waals surface area contributed by atoms with Gasteiger partial charge in [0.15, 0.2) is 0 Å². The summed E-state index contributed by atoms with van der Waals surface area (Å²) in [4.78, 5) is 27.6. The van der Waals surface area contributed by atoms with Crippen LogP contribution in [0.5, 0.6) is 0 Å². The first-order chi connectivity index (χ1) is 14.1. The summed E-state index contributed by atoms with van der Waals surface area (Å²) in [6.07, 6.45) is 1.41. The molecule has 0 saturated carbocycles. The number of hydrogen-bond donors (Lipinski definition) is 1. The molecule has 3 heterocycles. The van der Waals surface area contributed by atoms with Crippen LogP contribution in [0.15, 0.2) is 40.1 Å². The van der Waals surface area contributed by atoms with Gasteiger partial charge in [-0.15, -0.1) is 21.5 Å². The van der Waals surface area contributed by atoms with Gasteiger partial charge < -0.3 is 14.6 Å². The fourth-order valence-electron chi connectivity index (χ4n) is 3.22. The van der Waals surface area contributed by atoms with E-state index in [-0.39, 0.29) is 24.8 Å². The Labute approximate surface area is 172 Å². The van der Waals surface area contributed by atoms with E-state index in [1.807, 2.05) is 31.2 Å². The third-order valence-electron chi connectivity index (χ3n) is 4.93. The summed E-state index contributed by atoms with van der Waals surface area (Å²) in [5, 5.41) is 12.8. The molecule has 29 heavy (non-hydrogen) atoms. The van der Waals surface area contributed by atoms with E-state index < -0.39 is 0 Å². The SMILES string of the molecule is Cc1ccc(-c2nnc(CCC(=O)NCC(=O)N3CCc4sccc4C3)o2)cc1. The number of fused-ring (bicyclic) bond motifs is 1. The second-order valence-corrected chi connectivity index (χ2v) is 8.08. The van der Waals surface area contributed by atoms with Crippen molar-refractivity contribution in [3.63, 3.8) is 0 Å². The maximum atomic E-state index is 12.4. The highest BCUT2D eigenvalue weighted by atomic mass is 32.1. The van der Waals surface area contributed by atoms with Crippen molar-refractivity contribution in [2.45, 2.75) is 32.7 Å². The zero-order valence-electron chi connectivity index (χ0n) is 16.2. The lowest BCUT2D eigenvalue weighted by molar-refractivity contribution is -0.133. The third kappa shape index (κ3) is 4.71. The van der Waals surface area contributed by atoms with Crippen molar-refractivity contribution in [3.05, 3.63) is 57.6 Å². The van der Waals surface area contributed by atoms with E-state index in [4.69, 9.17) is 4.42 Å². The molecule has 7 nitrogen and oxygen atoms in total. The van der Waals surface area contributed by atoms with Gasteiger partial charge in [0.1, 0.15) is 0 Å². The van der Waals surface area contributed by atoms with Crippen molar-refractivity contribution in [1.29, 1.82) is 0 Å². The first kappa shape index (κ1) is 19.3. The number of nitrogens with zero attached hydrogens (tertiary/aromatic N) is 3. The van der Waals surface area contributed by atoms with Gasteiger partial charge in [0.25, 0.3) is 0 Å². The van der Waals surface area contributed by atoms with E-state index in [0.29, 0.717) is 31.3 Å². The Kier molecular flexibility index (Phi) is 5.71. The minimum Gasteiger partial charge on any atom is -0.421 e. The Morgan fingerprint density at radius 1 is 1.21 bits per heavy atom. The molecule has 0 fully saturated rings. The van der Waals surface area contributed by atoms with Gasteiger partial charge in [0.2, 0.25) is 23.6 Å². The van der Waals surface area contributed by atoms with Gasteiger partial charge in [-0.1, -0.05) is 17.7 Å². The minimum absolute atomic E-state index is 0.0107. The number of benzene rings is 1. The molecular formula is C21H22N4O3S. The largest absolute Gasteiger partial charge is 0.421 e. The first-order valence-electron chi connectivity index (χ1n) is 9.57. The zero-order chi connectivity index (χ0) is 20.2. The molecular weight excluding hydrogens is 388 g/mol. The molecule has 8 heteroatoms. The molecule has 0 radical (unpaired) electrons. The van der Waals surface area contributed by atoms with E-state index in [9.17, 15) is 9.59 Å². The predicted octanol–water partition coefficient (Wildman–Crippen LogP) is 2.74. The van der Waals surface area contributed by atoms with E-state index in [0.717, 1.165) is 17.5 Å². The van der Waals surface area contributed by atoms with Crippen LogP contribution in [-0.4, -0.2) is 40.0 Å². The van der Waals surface area contributed by atoms with Crippen molar-refractivity contribution in [3.8, 4) is 11.5 Å². The normalized spacial score (nSPS) is 13.2. The first-order valence-corrected chi connectivity index (χ1v) is 10.5. The lowest BCUT2D eigenvalue weighted by Crippen LogP contribution is -2.42. The molecule has 2 amide bonds. The van der Waals surface area contributed by atoms with Gasteiger partial charge >= 0.3 is 0 Å². The summed E-state index contributed by atoms with van der Waals surface area (Å²) in [5.41, 5.74) is 3.21. The van der Waals surface area contributed by atoms with Crippen molar-refractivity contribution >= 4 is 23.2 Å². The molecule has 3 aromatic rings. The van der Waals surface area contributed by atoms with Gasteiger partial charge in [-0.3, -0.25) is 9.59 Å². The quantitative estimate of drug-likeness (QED) is 0.675. The van der Waals surface area contributed by atoms with Crippen LogP contribution in [0.2, 0.25) is 0 Å². The minimum atomic E-state index is -0.207. The van der Waals surface area contributed by atoms with E-state index in [1.54, 1.807) is 16.2 Å². The zero-order valence-corrected chi connectivity index (χ0v) is 17.0. The van der Waals surface area contributed by atoms with Crippen LogP contribution in [-0.2, 0) is 29.0 Å². The van der Waals surface area contributed by atoms with Crippen LogP contribution in [0.4, 0.5) is 0 Å². The topological polar surface area (TPSA) is 88.3 Å². The highest BCUT2D eigenvalue weighted by Crippen LogP contribution is 2.24. The molecule has 1 aromatic carbocycles. The van der Waals surface area contributed by atoms with Crippen LogP contribution in [0, 0.1) is 6.92 Å². The fourth-order valence-corrected chi connectivity index (χ4v) is 4.11. The molecule has 0 atom stereocenters. The Bertz CT molecular complexity index is 1010. The average molecular weight is 410 g/mol. The predicted molar refractivity (Wildman–Crippen MR) is 109 cm³/mol. The van der Waals surface area contributed by atoms with Crippen molar-refractivity contribution in [2.75, 3.05) is 13.1 Å². The van der Waals surface area contributed by atoms with Gasteiger partial charge in [-0.05, 0) is 42.5 Å². The maximum Gasteiger partial charge on any atom is 0.247 e. The highest BCUT2D eigenvalue weighted by Gasteiger charge is 2.21. The smallest absolute Gasteiger partial charge is 0.247 e. The van der Waals surface area contributed by atoms with Crippen LogP contribution >= 0.6 is 11.3 Å². The number of aryl methyl sites for hydroxylation is 2. The lowest BCUT2D eigenvalue weighted by atomic mass is 10.1. The molecule has 1 aliphatic heterocycles. The Morgan fingerprint density at radius 3 is 2.86 bits per heavy atom. The molecule has 0 spiro atoms. The van der Waals surface area contributed by atoms with Crippen molar-refractivity contribution < 1.29 is 14.0 Å². The molecule has 150 valence electrons. The second kappa shape index (κ2) is 8.57. The fraction of sp³-hybridized carbons (Fsp3) is 0.333. The number of aromatic nitrogens is 2. The van der Waals surface area contributed by atoms with E-state index >= 15 is 0 Å². The number of nitrogens with one attached hydrogen (secondary N) is 1. The molecule has 1 N–H and O–H groups in total. The number of rotatable bonds is 6. The second-order valence-electron chi connectivity index (χ2n) is 7.08. The molecule has 2 aromatic heterocycles. The summed E-state index contributed by atoms with van der Waals surface area (Å²) >= 11 is 1.74. The van der Waals surface area contributed by atoms with Gasteiger partial charge in [-0.2, -0.15) is 0 Å². The van der Waals surface area contributed by atoms with Crippen molar-refractivity contribution in [1.82, 2.24) is 20.4 Å². The van der Waals surface area contributed by atoms with Crippen LogP contribution in [0.3, 0.4) is 0 Å². The molecule has 0 unspecified atom stereocenters. The van der Waals surface area contributed by atoms with E-state index in [1.165, 1.54) is 10.4 Å². The summed E-state index contributed by atoms with van der Waals surface area (Å²) in [6.45, 7) is 3.34. The molecule has 1 aliphatic rings. The summed E-state index contributed by atoms with van der Waals surface area (Å²) in [7, 11) is 0. The molecule has 0 saturated heterocycles. The number of thiophene rings is 1.